The number of hydrogen-bond acceptors (Lipinski definition) is 4. The summed E-state index contributed by atoms with van der Waals surface area (Å²) in [5, 5.41) is 14.4. The van der Waals surface area contributed by atoms with Crippen LogP contribution in [0.1, 0.15) is 17.9 Å². The van der Waals surface area contributed by atoms with E-state index in [0.717, 1.165) is 4.88 Å². The molecule has 0 radical (unpaired) electrons. The highest BCUT2D eigenvalue weighted by atomic mass is 32.1. The molecule has 2 atom stereocenters. The zero-order valence-electron chi connectivity index (χ0n) is 7.93. The molecule has 0 aliphatic rings. The van der Waals surface area contributed by atoms with Crippen LogP contribution in [0.25, 0.3) is 0 Å². The van der Waals surface area contributed by atoms with E-state index in [4.69, 9.17) is 5.73 Å². The number of carbonyl (C=O) groups excluding carboxylic acids is 1. The van der Waals surface area contributed by atoms with Crippen molar-refractivity contribution >= 4 is 17.2 Å². The molecule has 1 rings (SSSR count). The molecule has 0 spiro atoms. The van der Waals surface area contributed by atoms with E-state index in [0.29, 0.717) is 6.54 Å². The molecule has 1 amide bonds. The van der Waals surface area contributed by atoms with Gasteiger partial charge < -0.3 is 16.2 Å². The molecular weight excluding hydrogens is 200 g/mol. The molecule has 0 saturated carbocycles. The van der Waals surface area contributed by atoms with Gasteiger partial charge in [-0.15, -0.1) is 11.3 Å². The lowest BCUT2D eigenvalue weighted by Crippen LogP contribution is -2.40. The predicted octanol–water partition coefficient (Wildman–Crippen LogP) is 0.245. The van der Waals surface area contributed by atoms with Crippen LogP contribution in [0.15, 0.2) is 17.5 Å². The van der Waals surface area contributed by atoms with Crippen molar-refractivity contribution in [2.75, 3.05) is 6.54 Å². The van der Waals surface area contributed by atoms with Gasteiger partial charge in [0.1, 0.15) is 6.10 Å². The van der Waals surface area contributed by atoms with E-state index in [1.54, 1.807) is 6.92 Å². The van der Waals surface area contributed by atoms with Gasteiger partial charge in [-0.3, -0.25) is 4.79 Å². The molecule has 14 heavy (non-hydrogen) atoms. The summed E-state index contributed by atoms with van der Waals surface area (Å²) in [7, 11) is 0. The van der Waals surface area contributed by atoms with E-state index in [9.17, 15) is 9.90 Å². The van der Waals surface area contributed by atoms with Gasteiger partial charge in [0.25, 0.3) is 0 Å². The number of thiophene rings is 1. The van der Waals surface area contributed by atoms with Gasteiger partial charge in [0.15, 0.2) is 0 Å². The Labute approximate surface area is 86.7 Å². The fourth-order valence-electron chi connectivity index (χ4n) is 0.970. The van der Waals surface area contributed by atoms with Crippen LogP contribution in [-0.2, 0) is 4.79 Å². The van der Waals surface area contributed by atoms with Gasteiger partial charge >= 0.3 is 0 Å². The first-order chi connectivity index (χ1) is 6.61. The van der Waals surface area contributed by atoms with Crippen molar-refractivity contribution in [3.05, 3.63) is 22.4 Å². The second kappa shape index (κ2) is 5.09. The third-order valence-corrected chi connectivity index (χ3v) is 2.89. The predicted molar refractivity (Wildman–Crippen MR) is 55.9 cm³/mol. The second-order valence-corrected chi connectivity index (χ2v) is 4.04. The third-order valence-electron chi connectivity index (χ3n) is 1.92. The van der Waals surface area contributed by atoms with Gasteiger partial charge in [-0.25, -0.2) is 0 Å². The Kier molecular flexibility index (Phi) is 4.06. The number of rotatable bonds is 5. The molecule has 1 aromatic rings. The van der Waals surface area contributed by atoms with Crippen LogP contribution in [0.5, 0.6) is 0 Å². The Morgan fingerprint density at radius 1 is 1.79 bits per heavy atom. The summed E-state index contributed by atoms with van der Waals surface area (Å²) in [6, 6.07) is 3.32. The lowest BCUT2D eigenvalue weighted by molar-refractivity contribution is -0.119. The monoisotopic (exact) mass is 214 g/mol. The molecule has 0 aliphatic carbocycles. The quantitative estimate of drug-likeness (QED) is 0.657. The van der Waals surface area contributed by atoms with Gasteiger partial charge in [0.05, 0.1) is 6.04 Å². The maximum Gasteiger partial charge on any atom is 0.234 e. The fraction of sp³-hybridized carbons (Fsp3) is 0.444. The minimum Gasteiger partial charge on any atom is -0.386 e. The fourth-order valence-corrected chi connectivity index (χ4v) is 1.68. The lowest BCUT2D eigenvalue weighted by atomic mass is 10.2. The Morgan fingerprint density at radius 3 is 3.00 bits per heavy atom. The highest BCUT2D eigenvalue weighted by Crippen LogP contribution is 2.17. The van der Waals surface area contributed by atoms with Crippen LogP contribution < -0.4 is 11.1 Å². The van der Waals surface area contributed by atoms with Crippen LogP contribution in [-0.4, -0.2) is 23.6 Å². The van der Waals surface area contributed by atoms with Crippen molar-refractivity contribution in [3.63, 3.8) is 0 Å². The topological polar surface area (TPSA) is 75.3 Å². The van der Waals surface area contributed by atoms with Gasteiger partial charge in [0, 0.05) is 11.4 Å². The smallest absolute Gasteiger partial charge is 0.234 e. The number of hydrogen-bond donors (Lipinski definition) is 3. The molecule has 1 aromatic heterocycles. The molecule has 0 aliphatic heterocycles. The normalized spacial score (nSPS) is 15.0. The maximum absolute atomic E-state index is 10.7. The van der Waals surface area contributed by atoms with Gasteiger partial charge in [-0.05, 0) is 18.4 Å². The van der Waals surface area contributed by atoms with E-state index in [2.05, 4.69) is 5.32 Å². The molecule has 4 N–H and O–H groups in total. The van der Waals surface area contributed by atoms with E-state index in [-0.39, 0.29) is 0 Å². The van der Waals surface area contributed by atoms with Crippen LogP contribution in [0.3, 0.4) is 0 Å². The summed E-state index contributed by atoms with van der Waals surface area (Å²) in [6.07, 6.45) is -0.572. The average Bonchev–Trinajstić information content (AvgIpc) is 2.66. The first-order valence-electron chi connectivity index (χ1n) is 4.35. The van der Waals surface area contributed by atoms with E-state index < -0.39 is 18.1 Å². The SMILES string of the molecule is CC(NCC(O)c1cccs1)C(N)=O. The van der Waals surface area contributed by atoms with Crippen molar-refractivity contribution in [3.8, 4) is 0 Å². The third kappa shape index (κ3) is 3.10. The maximum atomic E-state index is 10.7. The molecule has 0 fully saturated rings. The molecule has 78 valence electrons. The summed E-state index contributed by atoms with van der Waals surface area (Å²) in [4.78, 5) is 11.6. The Balaban J connectivity index is 2.35. The zero-order valence-corrected chi connectivity index (χ0v) is 8.75. The van der Waals surface area contributed by atoms with Crippen molar-refractivity contribution in [1.29, 1.82) is 0 Å². The first kappa shape index (κ1) is 11.2. The van der Waals surface area contributed by atoms with E-state index in [1.807, 2.05) is 17.5 Å². The van der Waals surface area contributed by atoms with Gasteiger partial charge in [-0.2, -0.15) is 0 Å². The highest BCUT2D eigenvalue weighted by molar-refractivity contribution is 7.10. The molecular formula is C9H14N2O2S. The molecule has 1 heterocycles. The summed E-state index contributed by atoms with van der Waals surface area (Å²) in [5.41, 5.74) is 5.06. The van der Waals surface area contributed by atoms with Gasteiger partial charge in [-0.1, -0.05) is 6.07 Å². The van der Waals surface area contributed by atoms with Crippen molar-refractivity contribution in [2.24, 2.45) is 5.73 Å². The number of aliphatic hydroxyl groups is 1. The van der Waals surface area contributed by atoms with Crippen molar-refractivity contribution in [1.82, 2.24) is 5.32 Å². The molecule has 0 saturated heterocycles. The van der Waals surface area contributed by atoms with Crippen molar-refractivity contribution in [2.45, 2.75) is 19.1 Å². The van der Waals surface area contributed by atoms with E-state index in [1.165, 1.54) is 11.3 Å². The summed E-state index contributed by atoms with van der Waals surface area (Å²) >= 11 is 1.48. The minimum absolute atomic E-state index is 0.338. The number of nitrogens with two attached hydrogens (primary N) is 1. The first-order valence-corrected chi connectivity index (χ1v) is 5.23. The van der Waals surface area contributed by atoms with Crippen LogP contribution in [0, 0.1) is 0 Å². The summed E-state index contributed by atoms with van der Waals surface area (Å²) < 4.78 is 0. The van der Waals surface area contributed by atoms with Crippen LogP contribution >= 0.6 is 11.3 Å². The Bertz CT molecular complexity index is 287. The molecule has 0 bridgehead atoms. The molecule has 0 aromatic carbocycles. The van der Waals surface area contributed by atoms with E-state index >= 15 is 0 Å². The standard InChI is InChI=1S/C9H14N2O2S/c1-6(9(10)13)11-5-7(12)8-3-2-4-14-8/h2-4,6-7,11-12H,5H2,1H3,(H2,10,13). The van der Waals surface area contributed by atoms with Crippen LogP contribution in [0.2, 0.25) is 0 Å². The lowest BCUT2D eigenvalue weighted by Gasteiger charge is -2.13. The minimum atomic E-state index is -0.572. The highest BCUT2D eigenvalue weighted by Gasteiger charge is 2.12. The molecule has 2 unspecified atom stereocenters. The zero-order chi connectivity index (χ0) is 10.6. The number of primary amides is 1. The average molecular weight is 214 g/mol. The largest absolute Gasteiger partial charge is 0.386 e. The number of aliphatic hydroxyl groups excluding tert-OH is 1. The van der Waals surface area contributed by atoms with Crippen molar-refractivity contribution < 1.29 is 9.90 Å². The second-order valence-electron chi connectivity index (χ2n) is 3.06. The molecule has 4 nitrogen and oxygen atoms in total. The number of nitrogens with one attached hydrogen (secondary N) is 1. The van der Waals surface area contributed by atoms with Crippen LogP contribution in [0.4, 0.5) is 0 Å². The molecule has 5 heteroatoms. The number of carbonyl (C=O) groups is 1. The van der Waals surface area contributed by atoms with Gasteiger partial charge in [0.2, 0.25) is 5.91 Å². The Hall–Kier alpha value is -0.910. The summed E-state index contributed by atoms with van der Waals surface area (Å²) in [6.45, 7) is 2.01. The Morgan fingerprint density at radius 2 is 2.50 bits per heavy atom. The number of amides is 1. The summed E-state index contributed by atoms with van der Waals surface area (Å²) in [5.74, 6) is -0.414.